The summed E-state index contributed by atoms with van der Waals surface area (Å²) in [5.74, 6) is 0.549. The quantitative estimate of drug-likeness (QED) is 0.705. The topological polar surface area (TPSA) is 20.2 Å². The third-order valence-electron chi connectivity index (χ3n) is 4.09. The first kappa shape index (κ1) is 13.8. The number of aliphatic hydroxyl groups is 1. The number of allylic oxidation sites excluding steroid dienone is 1. The van der Waals surface area contributed by atoms with Gasteiger partial charge in [0.25, 0.3) is 0 Å². The van der Waals surface area contributed by atoms with Crippen molar-refractivity contribution in [2.75, 3.05) is 0 Å². The predicted molar refractivity (Wildman–Crippen MR) is 70.4 cm³/mol. The first-order chi connectivity index (χ1) is 7.37. The predicted octanol–water partition coefficient (Wildman–Crippen LogP) is 4.31. The molecule has 0 aliphatic heterocycles. The second kappa shape index (κ2) is 5.35. The van der Waals surface area contributed by atoms with E-state index in [4.69, 9.17) is 0 Å². The van der Waals surface area contributed by atoms with E-state index < -0.39 is 0 Å². The summed E-state index contributed by atoms with van der Waals surface area (Å²) in [6.45, 7) is 10.7. The van der Waals surface area contributed by atoms with Crippen LogP contribution in [0.2, 0.25) is 0 Å². The molecular formula is C15H28O. The fraction of sp³-hybridized carbons (Fsp3) is 0.867. The van der Waals surface area contributed by atoms with Crippen molar-refractivity contribution in [1.82, 2.24) is 0 Å². The molecule has 0 aromatic rings. The van der Waals surface area contributed by atoms with Gasteiger partial charge in [0, 0.05) is 0 Å². The van der Waals surface area contributed by atoms with Crippen LogP contribution < -0.4 is 0 Å². The maximum absolute atomic E-state index is 10.6. The van der Waals surface area contributed by atoms with Gasteiger partial charge in [-0.05, 0) is 37.0 Å². The average molecular weight is 224 g/mol. The molecule has 1 rings (SSSR count). The lowest BCUT2D eigenvalue weighted by Gasteiger charge is -2.39. The van der Waals surface area contributed by atoms with Crippen molar-refractivity contribution in [3.63, 3.8) is 0 Å². The fourth-order valence-electron chi connectivity index (χ4n) is 2.82. The Hall–Kier alpha value is -0.300. The molecule has 0 bridgehead atoms. The highest BCUT2D eigenvalue weighted by Gasteiger charge is 2.35. The SMILES string of the molecule is C=CCC(CC1(O)CCCCC1)C(C)(C)C. The Balaban J connectivity index is 2.62. The van der Waals surface area contributed by atoms with Gasteiger partial charge in [0.15, 0.2) is 0 Å². The third kappa shape index (κ3) is 3.93. The van der Waals surface area contributed by atoms with Crippen LogP contribution >= 0.6 is 0 Å². The highest BCUT2D eigenvalue weighted by Crippen LogP contribution is 2.40. The van der Waals surface area contributed by atoms with Gasteiger partial charge >= 0.3 is 0 Å². The molecule has 1 saturated carbocycles. The van der Waals surface area contributed by atoms with Gasteiger partial charge in [0.05, 0.1) is 5.60 Å². The Bertz CT molecular complexity index is 218. The summed E-state index contributed by atoms with van der Waals surface area (Å²) in [5, 5.41) is 10.6. The zero-order chi connectivity index (χ0) is 12.2. The van der Waals surface area contributed by atoms with Crippen LogP contribution in [0.4, 0.5) is 0 Å². The zero-order valence-corrected chi connectivity index (χ0v) is 11.3. The molecule has 1 unspecified atom stereocenters. The molecule has 0 saturated heterocycles. The van der Waals surface area contributed by atoms with Crippen molar-refractivity contribution < 1.29 is 5.11 Å². The average Bonchev–Trinajstić information content (AvgIpc) is 2.16. The van der Waals surface area contributed by atoms with E-state index in [9.17, 15) is 5.11 Å². The molecule has 1 aliphatic rings. The molecule has 0 amide bonds. The molecule has 94 valence electrons. The van der Waals surface area contributed by atoms with Crippen molar-refractivity contribution in [2.45, 2.75) is 71.3 Å². The first-order valence-corrected chi connectivity index (χ1v) is 6.71. The Morgan fingerprint density at radius 3 is 2.25 bits per heavy atom. The molecule has 1 heteroatoms. The summed E-state index contributed by atoms with van der Waals surface area (Å²) in [4.78, 5) is 0. The minimum absolute atomic E-state index is 0.265. The zero-order valence-electron chi connectivity index (χ0n) is 11.3. The van der Waals surface area contributed by atoms with E-state index in [0.717, 1.165) is 25.7 Å². The van der Waals surface area contributed by atoms with E-state index in [1.54, 1.807) is 0 Å². The van der Waals surface area contributed by atoms with E-state index in [-0.39, 0.29) is 11.0 Å². The Labute approximate surface area is 101 Å². The van der Waals surface area contributed by atoms with Crippen molar-refractivity contribution in [1.29, 1.82) is 0 Å². The van der Waals surface area contributed by atoms with Gasteiger partial charge in [-0.15, -0.1) is 6.58 Å². The molecule has 0 spiro atoms. The van der Waals surface area contributed by atoms with Gasteiger partial charge in [-0.25, -0.2) is 0 Å². The van der Waals surface area contributed by atoms with E-state index in [0.29, 0.717) is 5.92 Å². The largest absolute Gasteiger partial charge is 0.390 e. The normalized spacial score (nSPS) is 22.8. The summed E-state index contributed by atoms with van der Waals surface area (Å²) >= 11 is 0. The maximum atomic E-state index is 10.6. The summed E-state index contributed by atoms with van der Waals surface area (Å²) < 4.78 is 0. The summed E-state index contributed by atoms with van der Waals surface area (Å²) in [6, 6.07) is 0. The van der Waals surface area contributed by atoms with E-state index in [1.807, 2.05) is 6.08 Å². The van der Waals surface area contributed by atoms with Gasteiger partial charge in [0.2, 0.25) is 0 Å². The lowest BCUT2D eigenvalue weighted by Crippen LogP contribution is -2.37. The van der Waals surface area contributed by atoms with Crippen LogP contribution in [0.3, 0.4) is 0 Å². The Morgan fingerprint density at radius 2 is 1.81 bits per heavy atom. The van der Waals surface area contributed by atoms with Crippen LogP contribution in [-0.2, 0) is 0 Å². The van der Waals surface area contributed by atoms with Crippen LogP contribution in [0, 0.1) is 11.3 Å². The Morgan fingerprint density at radius 1 is 1.25 bits per heavy atom. The van der Waals surface area contributed by atoms with E-state index >= 15 is 0 Å². The molecule has 1 aliphatic carbocycles. The molecule has 1 fully saturated rings. The fourth-order valence-corrected chi connectivity index (χ4v) is 2.82. The van der Waals surface area contributed by atoms with Crippen molar-refractivity contribution in [3.05, 3.63) is 12.7 Å². The van der Waals surface area contributed by atoms with Gasteiger partial charge in [-0.1, -0.05) is 46.1 Å². The minimum Gasteiger partial charge on any atom is -0.390 e. The smallest absolute Gasteiger partial charge is 0.0650 e. The molecular weight excluding hydrogens is 196 g/mol. The van der Waals surface area contributed by atoms with Crippen LogP contribution in [0.5, 0.6) is 0 Å². The molecule has 0 heterocycles. The van der Waals surface area contributed by atoms with Crippen LogP contribution in [-0.4, -0.2) is 10.7 Å². The van der Waals surface area contributed by atoms with Gasteiger partial charge in [0.1, 0.15) is 0 Å². The number of hydrogen-bond donors (Lipinski definition) is 1. The maximum Gasteiger partial charge on any atom is 0.0650 e. The van der Waals surface area contributed by atoms with Gasteiger partial charge in [-0.2, -0.15) is 0 Å². The molecule has 0 aromatic heterocycles. The van der Waals surface area contributed by atoms with Crippen LogP contribution in [0.15, 0.2) is 12.7 Å². The van der Waals surface area contributed by atoms with Gasteiger partial charge < -0.3 is 5.11 Å². The van der Waals surface area contributed by atoms with Crippen molar-refractivity contribution in [2.24, 2.45) is 11.3 Å². The Kier molecular flexibility index (Phi) is 4.61. The summed E-state index contributed by atoms with van der Waals surface area (Å²) in [5.41, 5.74) is -0.124. The van der Waals surface area contributed by atoms with Crippen LogP contribution in [0.1, 0.15) is 65.7 Å². The number of rotatable bonds is 4. The first-order valence-electron chi connectivity index (χ1n) is 6.71. The van der Waals surface area contributed by atoms with E-state index in [1.165, 1.54) is 19.3 Å². The van der Waals surface area contributed by atoms with E-state index in [2.05, 4.69) is 27.4 Å². The standard InChI is InChI=1S/C15H28O/c1-5-9-13(14(2,3)4)12-15(16)10-7-6-8-11-15/h5,13,16H,1,6-12H2,2-4H3. The summed E-state index contributed by atoms with van der Waals surface area (Å²) in [6.07, 6.45) is 9.65. The third-order valence-corrected chi connectivity index (χ3v) is 4.09. The van der Waals surface area contributed by atoms with Crippen molar-refractivity contribution >= 4 is 0 Å². The molecule has 0 aromatic carbocycles. The second-order valence-electron chi connectivity index (χ2n) is 6.58. The monoisotopic (exact) mass is 224 g/mol. The summed E-state index contributed by atoms with van der Waals surface area (Å²) in [7, 11) is 0. The molecule has 1 atom stereocenters. The highest BCUT2D eigenvalue weighted by atomic mass is 16.3. The molecule has 1 N–H and O–H groups in total. The highest BCUT2D eigenvalue weighted by molar-refractivity contribution is 4.90. The lowest BCUT2D eigenvalue weighted by molar-refractivity contribution is -0.0316. The van der Waals surface area contributed by atoms with Gasteiger partial charge in [-0.3, -0.25) is 0 Å². The van der Waals surface area contributed by atoms with Crippen LogP contribution in [0.25, 0.3) is 0 Å². The second-order valence-corrected chi connectivity index (χ2v) is 6.58. The molecule has 16 heavy (non-hydrogen) atoms. The molecule has 0 radical (unpaired) electrons. The molecule has 1 nitrogen and oxygen atoms in total. The van der Waals surface area contributed by atoms with Crippen molar-refractivity contribution in [3.8, 4) is 0 Å². The minimum atomic E-state index is -0.390. The lowest BCUT2D eigenvalue weighted by atomic mass is 9.69. The number of hydrogen-bond acceptors (Lipinski definition) is 1.